The third-order valence-corrected chi connectivity index (χ3v) is 5.78. The van der Waals surface area contributed by atoms with E-state index in [0.29, 0.717) is 22.3 Å². The standard InChI is InChI=1S/C23H20ClN5O3S/c1-14-4-7-17(8-5-14)29-22(30)21(24)20(12-26-29)32-18-9-6-16(10-19(18)31-3)11-25-28-23-27-15(2)13-33-23/h4-13H,1-3H3,(H,27,28). The van der Waals surface area contributed by atoms with Crippen LogP contribution in [0.2, 0.25) is 5.02 Å². The summed E-state index contributed by atoms with van der Waals surface area (Å²) in [7, 11) is 1.52. The van der Waals surface area contributed by atoms with Crippen molar-refractivity contribution in [3.8, 4) is 22.9 Å². The highest BCUT2D eigenvalue weighted by Crippen LogP contribution is 2.34. The SMILES string of the molecule is COc1cc(C=NNc2nc(C)cs2)ccc1Oc1cnn(-c2ccc(C)cc2)c(=O)c1Cl. The quantitative estimate of drug-likeness (QED) is 0.288. The number of nitrogens with zero attached hydrogens (tertiary/aromatic N) is 4. The molecule has 0 unspecified atom stereocenters. The van der Waals surface area contributed by atoms with Gasteiger partial charge in [0.2, 0.25) is 5.13 Å². The van der Waals surface area contributed by atoms with Crippen LogP contribution in [0.3, 0.4) is 0 Å². The number of hydrazone groups is 1. The summed E-state index contributed by atoms with van der Waals surface area (Å²) in [5.41, 5.74) is 5.80. The van der Waals surface area contributed by atoms with Gasteiger partial charge in [-0.25, -0.2) is 4.98 Å². The minimum atomic E-state index is -0.482. The fourth-order valence-electron chi connectivity index (χ4n) is 2.89. The molecule has 168 valence electrons. The van der Waals surface area contributed by atoms with Crippen LogP contribution in [0.1, 0.15) is 16.8 Å². The molecule has 0 aliphatic carbocycles. The van der Waals surface area contributed by atoms with Gasteiger partial charge in [0, 0.05) is 5.38 Å². The van der Waals surface area contributed by atoms with Crippen molar-refractivity contribution < 1.29 is 9.47 Å². The number of benzene rings is 2. The van der Waals surface area contributed by atoms with E-state index < -0.39 is 5.56 Å². The van der Waals surface area contributed by atoms with Crippen LogP contribution in [-0.2, 0) is 0 Å². The molecule has 2 aromatic carbocycles. The average molecular weight is 482 g/mol. The predicted octanol–water partition coefficient (Wildman–Crippen LogP) is 5.21. The summed E-state index contributed by atoms with van der Waals surface area (Å²) in [5, 5.41) is 10.9. The highest BCUT2D eigenvalue weighted by atomic mass is 35.5. The summed E-state index contributed by atoms with van der Waals surface area (Å²) in [5.74, 6) is 0.961. The molecular weight excluding hydrogens is 462 g/mol. The molecule has 0 saturated heterocycles. The van der Waals surface area contributed by atoms with E-state index in [1.54, 1.807) is 36.5 Å². The second-order valence-corrected chi connectivity index (χ2v) is 8.29. The summed E-state index contributed by atoms with van der Waals surface area (Å²) in [6.07, 6.45) is 3.04. The second kappa shape index (κ2) is 9.85. The molecule has 0 fully saturated rings. The normalized spacial score (nSPS) is 11.0. The Hall–Kier alpha value is -3.69. The Morgan fingerprint density at radius 3 is 2.61 bits per heavy atom. The molecule has 0 amide bonds. The van der Waals surface area contributed by atoms with Crippen molar-refractivity contribution in [2.24, 2.45) is 5.10 Å². The molecule has 0 saturated carbocycles. The van der Waals surface area contributed by atoms with Gasteiger partial charge in [0.05, 0.1) is 30.9 Å². The van der Waals surface area contributed by atoms with Gasteiger partial charge in [-0.15, -0.1) is 11.3 Å². The van der Waals surface area contributed by atoms with Crippen LogP contribution in [-0.4, -0.2) is 28.1 Å². The smallest absolute Gasteiger partial charge is 0.294 e. The van der Waals surface area contributed by atoms with Gasteiger partial charge >= 0.3 is 0 Å². The van der Waals surface area contributed by atoms with Gasteiger partial charge in [0.25, 0.3) is 5.56 Å². The van der Waals surface area contributed by atoms with Crippen LogP contribution >= 0.6 is 22.9 Å². The molecule has 0 aliphatic rings. The lowest BCUT2D eigenvalue weighted by Gasteiger charge is -2.13. The van der Waals surface area contributed by atoms with Crippen LogP contribution < -0.4 is 20.5 Å². The number of rotatable bonds is 7. The zero-order valence-corrected chi connectivity index (χ0v) is 19.6. The van der Waals surface area contributed by atoms with E-state index in [2.05, 4.69) is 20.6 Å². The third-order valence-electron chi connectivity index (χ3n) is 4.57. The lowest BCUT2D eigenvalue weighted by molar-refractivity contribution is 0.377. The van der Waals surface area contributed by atoms with Crippen LogP contribution in [0.15, 0.2) is 63.9 Å². The van der Waals surface area contributed by atoms with Gasteiger partial charge in [-0.3, -0.25) is 10.2 Å². The van der Waals surface area contributed by atoms with Crippen molar-refractivity contribution in [3.05, 3.63) is 86.2 Å². The number of anilines is 1. The maximum atomic E-state index is 12.7. The summed E-state index contributed by atoms with van der Waals surface area (Å²) in [6.45, 7) is 3.88. The highest BCUT2D eigenvalue weighted by molar-refractivity contribution is 7.13. The molecule has 4 rings (SSSR count). The number of methoxy groups -OCH3 is 1. The van der Waals surface area contributed by atoms with Gasteiger partial charge < -0.3 is 9.47 Å². The van der Waals surface area contributed by atoms with E-state index in [-0.39, 0.29) is 10.8 Å². The molecule has 8 nitrogen and oxygen atoms in total. The number of thiazole rings is 1. The Labute approximate surface area is 199 Å². The third kappa shape index (κ3) is 5.21. The maximum Gasteiger partial charge on any atom is 0.294 e. The monoisotopic (exact) mass is 481 g/mol. The first-order chi connectivity index (χ1) is 15.9. The fraction of sp³-hybridized carbons (Fsp3) is 0.130. The molecule has 0 spiro atoms. The van der Waals surface area contributed by atoms with Crippen molar-refractivity contribution in [1.82, 2.24) is 14.8 Å². The minimum absolute atomic E-state index is 0.0822. The topological polar surface area (TPSA) is 90.6 Å². The zero-order chi connectivity index (χ0) is 23.4. The number of hydrogen-bond acceptors (Lipinski definition) is 8. The van der Waals surface area contributed by atoms with Gasteiger partial charge in [0.15, 0.2) is 22.3 Å². The summed E-state index contributed by atoms with van der Waals surface area (Å²) < 4.78 is 12.5. The predicted molar refractivity (Wildman–Crippen MR) is 131 cm³/mol. The molecule has 4 aromatic rings. The van der Waals surface area contributed by atoms with Crippen LogP contribution in [0.25, 0.3) is 5.69 Å². The summed E-state index contributed by atoms with van der Waals surface area (Å²) >= 11 is 7.78. The molecule has 2 aromatic heterocycles. The van der Waals surface area contributed by atoms with Crippen LogP contribution in [0, 0.1) is 13.8 Å². The Bertz CT molecular complexity index is 1370. The van der Waals surface area contributed by atoms with E-state index >= 15 is 0 Å². The summed E-state index contributed by atoms with van der Waals surface area (Å²) in [6, 6.07) is 12.6. The Balaban J connectivity index is 1.54. The average Bonchev–Trinajstić information content (AvgIpc) is 3.23. The molecule has 33 heavy (non-hydrogen) atoms. The lowest BCUT2D eigenvalue weighted by atomic mass is 10.2. The first kappa shape index (κ1) is 22.5. The number of aromatic nitrogens is 3. The number of ether oxygens (including phenoxy) is 2. The molecular formula is C23H20ClN5O3S. The second-order valence-electron chi connectivity index (χ2n) is 7.05. The van der Waals surface area contributed by atoms with E-state index in [4.69, 9.17) is 21.1 Å². The Kier molecular flexibility index (Phi) is 6.71. The Morgan fingerprint density at radius 1 is 1.12 bits per heavy atom. The van der Waals surface area contributed by atoms with Crippen molar-refractivity contribution in [2.45, 2.75) is 13.8 Å². The van der Waals surface area contributed by atoms with Gasteiger partial charge in [0.1, 0.15) is 0 Å². The van der Waals surface area contributed by atoms with Crippen molar-refractivity contribution >= 4 is 34.3 Å². The minimum Gasteiger partial charge on any atom is -0.493 e. The van der Waals surface area contributed by atoms with Gasteiger partial charge in [-0.05, 0) is 49.7 Å². The van der Waals surface area contributed by atoms with Crippen LogP contribution in [0.4, 0.5) is 5.13 Å². The van der Waals surface area contributed by atoms with Crippen molar-refractivity contribution in [2.75, 3.05) is 12.5 Å². The fourth-order valence-corrected chi connectivity index (χ4v) is 3.70. The first-order valence-corrected chi connectivity index (χ1v) is 11.1. The van der Waals surface area contributed by atoms with Crippen molar-refractivity contribution in [1.29, 1.82) is 0 Å². The van der Waals surface area contributed by atoms with E-state index in [9.17, 15) is 4.79 Å². The molecule has 0 bridgehead atoms. The van der Waals surface area contributed by atoms with E-state index in [0.717, 1.165) is 16.8 Å². The number of aryl methyl sites for hydroxylation is 2. The number of halogens is 1. The molecule has 1 N–H and O–H groups in total. The molecule has 2 heterocycles. The largest absolute Gasteiger partial charge is 0.493 e. The van der Waals surface area contributed by atoms with E-state index in [1.165, 1.54) is 29.3 Å². The summed E-state index contributed by atoms with van der Waals surface area (Å²) in [4.78, 5) is 17.0. The maximum absolute atomic E-state index is 12.7. The molecule has 0 aliphatic heterocycles. The number of nitrogens with one attached hydrogen (secondary N) is 1. The highest BCUT2D eigenvalue weighted by Gasteiger charge is 2.15. The zero-order valence-electron chi connectivity index (χ0n) is 18.1. The molecule has 10 heteroatoms. The van der Waals surface area contributed by atoms with Crippen LogP contribution in [0.5, 0.6) is 17.2 Å². The molecule has 0 atom stereocenters. The number of hydrogen-bond donors (Lipinski definition) is 1. The van der Waals surface area contributed by atoms with Crippen molar-refractivity contribution in [3.63, 3.8) is 0 Å². The van der Waals surface area contributed by atoms with E-state index in [1.807, 2.05) is 31.4 Å². The molecule has 0 radical (unpaired) electrons. The first-order valence-electron chi connectivity index (χ1n) is 9.86. The van der Waals surface area contributed by atoms with Gasteiger partial charge in [-0.2, -0.15) is 14.9 Å². The van der Waals surface area contributed by atoms with Gasteiger partial charge in [-0.1, -0.05) is 29.3 Å². The Morgan fingerprint density at radius 2 is 1.91 bits per heavy atom. The lowest BCUT2D eigenvalue weighted by Crippen LogP contribution is -2.21.